The zero-order valence-corrected chi connectivity index (χ0v) is 19.8. The monoisotopic (exact) mass is 452 g/mol. The third kappa shape index (κ3) is 5.02. The van der Waals surface area contributed by atoms with Crippen LogP contribution in [-0.4, -0.2) is 7.05 Å². The molecule has 35 heavy (non-hydrogen) atoms. The summed E-state index contributed by atoms with van der Waals surface area (Å²) in [5.74, 6) is 0. The van der Waals surface area contributed by atoms with E-state index in [4.69, 9.17) is 0 Å². The molecule has 0 aliphatic rings. The van der Waals surface area contributed by atoms with E-state index in [-0.39, 0.29) is 0 Å². The van der Waals surface area contributed by atoms with Crippen molar-refractivity contribution in [1.82, 2.24) is 0 Å². The van der Waals surface area contributed by atoms with Crippen LogP contribution in [0.15, 0.2) is 146 Å². The number of rotatable bonds is 4. The standard InChI is InChI=1S/C22H17N.C11H11N/c1-3-11-20(12-4-1)23(21-13-5-2-6-14-21)22-16-15-18-9-7-8-10-19(18)17-22;1-12-11-8-4-6-9-5-2-3-7-10(9)11/h1-17H;2-8,12H,1H3. The minimum atomic E-state index is 1.16. The fourth-order valence-corrected chi connectivity index (χ4v) is 4.36. The Labute approximate surface area is 207 Å². The maximum absolute atomic E-state index is 3.17. The van der Waals surface area contributed by atoms with Crippen LogP contribution in [0.25, 0.3) is 21.5 Å². The molecule has 170 valence electrons. The van der Waals surface area contributed by atoms with Gasteiger partial charge in [0.25, 0.3) is 0 Å². The van der Waals surface area contributed by atoms with Crippen molar-refractivity contribution in [3.8, 4) is 0 Å². The lowest BCUT2D eigenvalue weighted by atomic mass is 10.1. The molecule has 0 aliphatic heterocycles. The van der Waals surface area contributed by atoms with Gasteiger partial charge in [0.05, 0.1) is 0 Å². The molecule has 0 fully saturated rings. The summed E-state index contributed by atoms with van der Waals surface area (Å²) in [6, 6.07) is 50.7. The van der Waals surface area contributed by atoms with Gasteiger partial charge in [0, 0.05) is 35.2 Å². The summed E-state index contributed by atoms with van der Waals surface area (Å²) in [7, 11) is 1.95. The van der Waals surface area contributed by atoms with Gasteiger partial charge >= 0.3 is 0 Å². The lowest BCUT2D eigenvalue weighted by molar-refractivity contribution is 1.29. The van der Waals surface area contributed by atoms with Crippen molar-refractivity contribution in [2.24, 2.45) is 0 Å². The molecule has 0 atom stereocenters. The zero-order chi connectivity index (χ0) is 23.9. The SMILES string of the molecule is CNc1cccc2ccccc12.c1ccc(N(c2ccccc2)c2ccc3ccccc3c2)cc1. The van der Waals surface area contributed by atoms with Crippen LogP contribution in [0, 0.1) is 0 Å². The van der Waals surface area contributed by atoms with E-state index >= 15 is 0 Å². The van der Waals surface area contributed by atoms with Gasteiger partial charge in [-0.1, -0.05) is 103 Å². The molecule has 0 heterocycles. The first kappa shape index (κ1) is 22.2. The van der Waals surface area contributed by atoms with Gasteiger partial charge in [-0.3, -0.25) is 0 Å². The fraction of sp³-hybridized carbons (Fsp3) is 0.0303. The molecule has 0 spiro atoms. The molecular weight excluding hydrogens is 424 g/mol. The lowest BCUT2D eigenvalue weighted by Gasteiger charge is -2.25. The molecule has 0 aromatic heterocycles. The molecule has 0 unspecified atom stereocenters. The molecule has 0 aliphatic carbocycles. The maximum Gasteiger partial charge on any atom is 0.0468 e. The van der Waals surface area contributed by atoms with Crippen molar-refractivity contribution < 1.29 is 0 Å². The number of nitrogens with zero attached hydrogens (tertiary/aromatic N) is 1. The van der Waals surface area contributed by atoms with E-state index in [1.54, 1.807) is 0 Å². The van der Waals surface area contributed by atoms with Gasteiger partial charge in [-0.2, -0.15) is 0 Å². The summed E-state index contributed by atoms with van der Waals surface area (Å²) < 4.78 is 0. The molecule has 2 nitrogen and oxygen atoms in total. The highest BCUT2D eigenvalue weighted by Crippen LogP contribution is 2.35. The lowest BCUT2D eigenvalue weighted by Crippen LogP contribution is -2.09. The first-order chi connectivity index (χ1) is 17.3. The van der Waals surface area contributed by atoms with Crippen molar-refractivity contribution >= 4 is 44.3 Å². The largest absolute Gasteiger partial charge is 0.388 e. The summed E-state index contributed by atoms with van der Waals surface area (Å²) in [6.45, 7) is 0. The number of fused-ring (bicyclic) bond motifs is 2. The number of nitrogens with one attached hydrogen (secondary N) is 1. The normalized spacial score (nSPS) is 10.4. The first-order valence-corrected chi connectivity index (χ1v) is 11.9. The van der Waals surface area contributed by atoms with Gasteiger partial charge in [-0.25, -0.2) is 0 Å². The number of para-hydroxylation sites is 2. The molecule has 6 aromatic carbocycles. The number of hydrogen-bond acceptors (Lipinski definition) is 2. The Morgan fingerprint density at radius 2 is 0.971 bits per heavy atom. The Balaban J connectivity index is 0.000000178. The summed E-state index contributed by atoms with van der Waals surface area (Å²) in [5.41, 5.74) is 4.68. The van der Waals surface area contributed by atoms with E-state index in [2.05, 4.69) is 144 Å². The minimum Gasteiger partial charge on any atom is -0.388 e. The predicted molar refractivity (Wildman–Crippen MR) is 152 cm³/mol. The second-order valence-corrected chi connectivity index (χ2v) is 8.31. The molecule has 6 aromatic rings. The Morgan fingerprint density at radius 3 is 1.63 bits per heavy atom. The van der Waals surface area contributed by atoms with Crippen LogP contribution in [0.4, 0.5) is 22.7 Å². The van der Waals surface area contributed by atoms with Crippen molar-refractivity contribution in [3.05, 3.63) is 146 Å². The average molecular weight is 453 g/mol. The highest BCUT2D eigenvalue weighted by molar-refractivity contribution is 5.93. The highest BCUT2D eigenvalue weighted by atomic mass is 15.1. The van der Waals surface area contributed by atoms with E-state index in [0.29, 0.717) is 0 Å². The van der Waals surface area contributed by atoms with Gasteiger partial charge in [-0.05, 0) is 58.6 Å². The van der Waals surface area contributed by atoms with Crippen LogP contribution in [0.3, 0.4) is 0 Å². The Morgan fingerprint density at radius 1 is 0.429 bits per heavy atom. The van der Waals surface area contributed by atoms with Gasteiger partial charge < -0.3 is 10.2 Å². The topological polar surface area (TPSA) is 15.3 Å². The molecule has 0 saturated heterocycles. The maximum atomic E-state index is 3.17. The van der Waals surface area contributed by atoms with E-state index in [0.717, 1.165) is 11.4 Å². The van der Waals surface area contributed by atoms with Crippen molar-refractivity contribution in [3.63, 3.8) is 0 Å². The molecule has 0 amide bonds. The first-order valence-electron chi connectivity index (χ1n) is 11.9. The second kappa shape index (κ2) is 10.6. The summed E-state index contributed by atoms with van der Waals surface area (Å²) in [6.07, 6.45) is 0. The molecule has 0 radical (unpaired) electrons. The van der Waals surface area contributed by atoms with Gasteiger partial charge in [0.15, 0.2) is 0 Å². The Kier molecular flexibility index (Phi) is 6.72. The van der Waals surface area contributed by atoms with Crippen LogP contribution in [-0.2, 0) is 0 Å². The van der Waals surface area contributed by atoms with Crippen LogP contribution < -0.4 is 10.2 Å². The van der Waals surface area contributed by atoms with E-state index in [9.17, 15) is 0 Å². The summed E-state index contributed by atoms with van der Waals surface area (Å²) in [5, 5.41) is 8.24. The third-order valence-corrected chi connectivity index (χ3v) is 6.08. The van der Waals surface area contributed by atoms with Crippen LogP contribution in [0.5, 0.6) is 0 Å². The predicted octanol–water partition coefficient (Wildman–Crippen LogP) is 9.19. The van der Waals surface area contributed by atoms with Crippen molar-refractivity contribution in [2.45, 2.75) is 0 Å². The molecule has 0 saturated carbocycles. The molecule has 1 N–H and O–H groups in total. The summed E-state index contributed by atoms with van der Waals surface area (Å²) >= 11 is 0. The van der Waals surface area contributed by atoms with Crippen molar-refractivity contribution in [1.29, 1.82) is 0 Å². The van der Waals surface area contributed by atoms with Crippen LogP contribution in [0.1, 0.15) is 0 Å². The van der Waals surface area contributed by atoms with Crippen LogP contribution in [0.2, 0.25) is 0 Å². The molecule has 6 rings (SSSR count). The Bertz CT molecular complexity index is 1480. The molecule has 2 heteroatoms. The highest BCUT2D eigenvalue weighted by Gasteiger charge is 2.11. The van der Waals surface area contributed by atoms with E-state index < -0.39 is 0 Å². The van der Waals surface area contributed by atoms with Crippen molar-refractivity contribution in [2.75, 3.05) is 17.3 Å². The van der Waals surface area contributed by atoms with Crippen LogP contribution >= 0.6 is 0 Å². The summed E-state index contributed by atoms with van der Waals surface area (Å²) in [4.78, 5) is 2.28. The average Bonchev–Trinajstić information content (AvgIpc) is 2.94. The fourth-order valence-electron chi connectivity index (χ4n) is 4.36. The number of anilines is 4. The van der Waals surface area contributed by atoms with E-state index in [1.807, 2.05) is 19.2 Å². The number of benzene rings is 6. The second-order valence-electron chi connectivity index (χ2n) is 8.31. The third-order valence-electron chi connectivity index (χ3n) is 6.08. The molecule has 0 bridgehead atoms. The smallest absolute Gasteiger partial charge is 0.0468 e. The zero-order valence-electron chi connectivity index (χ0n) is 19.8. The molecular formula is C33H28N2. The van der Waals surface area contributed by atoms with Gasteiger partial charge in [-0.15, -0.1) is 0 Å². The number of hydrogen-bond donors (Lipinski definition) is 1. The quantitative estimate of drug-likeness (QED) is 0.287. The van der Waals surface area contributed by atoms with Gasteiger partial charge in [0.2, 0.25) is 0 Å². The van der Waals surface area contributed by atoms with E-state index in [1.165, 1.54) is 32.9 Å². The Hall–Kier alpha value is -4.56. The minimum absolute atomic E-state index is 1.16. The van der Waals surface area contributed by atoms with Gasteiger partial charge in [0.1, 0.15) is 0 Å².